The molecule has 2 rings (SSSR count). The second-order valence-electron chi connectivity index (χ2n) is 5.82. The summed E-state index contributed by atoms with van der Waals surface area (Å²) >= 11 is 0. The van der Waals surface area contributed by atoms with Crippen molar-refractivity contribution in [2.75, 3.05) is 19.7 Å². The number of aryl methyl sites for hydroxylation is 1. The zero-order valence-electron chi connectivity index (χ0n) is 13.6. The van der Waals surface area contributed by atoms with Crippen molar-refractivity contribution in [2.45, 2.75) is 50.7 Å². The first-order valence-corrected chi connectivity index (χ1v) is 9.41. The van der Waals surface area contributed by atoms with Crippen LogP contribution in [0.5, 0.6) is 0 Å². The molecule has 0 saturated carbocycles. The van der Waals surface area contributed by atoms with Gasteiger partial charge in [0.25, 0.3) is 15.9 Å². The number of nitrogens with two attached hydrogens (primary N) is 1. The number of furan rings is 1. The van der Waals surface area contributed by atoms with E-state index in [2.05, 4.69) is 0 Å². The summed E-state index contributed by atoms with van der Waals surface area (Å²) < 4.78 is 33.6. The molecule has 1 aliphatic heterocycles. The van der Waals surface area contributed by atoms with Gasteiger partial charge in [0.1, 0.15) is 5.76 Å². The Morgan fingerprint density at radius 2 is 2.17 bits per heavy atom. The summed E-state index contributed by atoms with van der Waals surface area (Å²) in [5, 5.41) is 4.67. The SMILES string of the molecule is CCCN(CC1CCCCO1)C(=O)c1cc(S(N)(=O)=O)oc1C. The fourth-order valence-electron chi connectivity index (χ4n) is 2.72. The third-order valence-corrected chi connectivity index (χ3v) is 4.65. The normalized spacial score (nSPS) is 18.8. The molecule has 0 spiro atoms. The highest BCUT2D eigenvalue weighted by atomic mass is 32.2. The van der Waals surface area contributed by atoms with E-state index < -0.39 is 10.0 Å². The van der Waals surface area contributed by atoms with Crippen LogP contribution in [0.25, 0.3) is 0 Å². The van der Waals surface area contributed by atoms with E-state index in [1.807, 2.05) is 6.92 Å². The highest BCUT2D eigenvalue weighted by Gasteiger charge is 2.26. The molecule has 1 aliphatic rings. The summed E-state index contributed by atoms with van der Waals surface area (Å²) in [5.74, 6) is 0.00173. The van der Waals surface area contributed by atoms with Gasteiger partial charge in [-0.05, 0) is 32.6 Å². The molecule has 1 aromatic heterocycles. The van der Waals surface area contributed by atoms with Crippen LogP contribution in [0.2, 0.25) is 0 Å². The summed E-state index contributed by atoms with van der Waals surface area (Å²) in [5.41, 5.74) is 0.235. The smallest absolute Gasteiger partial charge is 0.271 e. The predicted octanol–water partition coefficient (Wildman–Crippen LogP) is 1.66. The van der Waals surface area contributed by atoms with Crippen LogP contribution in [0, 0.1) is 6.92 Å². The third kappa shape index (κ3) is 4.55. The van der Waals surface area contributed by atoms with Gasteiger partial charge in [-0.2, -0.15) is 0 Å². The van der Waals surface area contributed by atoms with Crippen molar-refractivity contribution in [3.8, 4) is 0 Å². The lowest BCUT2D eigenvalue weighted by molar-refractivity contribution is -0.00387. The standard InChI is InChI=1S/C15H24N2O5S/c1-3-7-17(10-12-6-4-5-8-21-12)15(18)13-9-14(22-11(13)2)23(16,19)20/h9,12H,3-8,10H2,1-2H3,(H2,16,19,20). The Bertz CT molecular complexity index is 647. The van der Waals surface area contributed by atoms with Crippen molar-refractivity contribution in [3.05, 3.63) is 17.4 Å². The Morgan fingerprint density at radius 1 is 1.43 bits per heavy atom. The van der Waals surface area contributed by atoms with Crippen LogP contribution >= 0.6 is 0 Å². The number of rotatable bonds is 6. The zero-order chi connectivity index (χ0) is 17.0. The van der Waals surface area contributed by atoms with Gasteiger partial charge in [0, 0.05) is 25.8 Å². The van der Waals surface area contributed by atoms with Crippen molar-refractivity contribution in [3.63, 3.8) is 0 Å². The number of sulfonamides is 1. The highest BCUT2D eigenvalue weighted by Crippen LogP contribution is 2.21. The van der Waals surface area contributed by atoms with Crippen molar-refractivity contribution < 1.29 is 22.4 Å². The van der Waals surface area contributed by atoms with E-state index in [1.165, 1.54) is 6.07 Å². The molecule has 0 aromatic carbocycles. The first-order chi connectivity index (χ1) is 10.8. The fourth-order valence-corrected chi connectivity index (χ4v) is 3.24. The van der Waals surface area contributed by atoms with E-state index in [0.29, 0.717) is 13.1 Å². The molecule has 2 heterocycles. The molecule has 2 N–H and O–H groups in total. The van der Waals surface area contributed by atoms with E-state index >= 15 is 0 Å². The lowest BCUT2D eigenvalue weighted by Crippen LogP contribution is -2.40. The minimum Gasteiger partial charge on any atom is -0.448 e. The molecule has 0 radical (unpaired) electrons. The Kier molecular flexibility index (Phi) is 5.83. The molecule has 0 aliphatic carbocycles. The van der Waals surface area contributed by atoms with E-state index in [-0.39, 0.29) is 28.4 Å². The first-order valence-electron chi connectivity index (χ1n) is 7.87. The van der Waals surface area contributed by atoms with Crippen LogP contribution < -0.4 is 5.14 Å². The fraction of sp³-hybridized carbons (Fsp3) is 0.667. The van der Waals surface area contributed by atoms with Gasteiger partial charge in [0.05, 0.1) is 11.7 Å². The van der Waals surface area contributed by atoms with E-state index in [0.717, 1.165) is 32.3 Å². The Labute approximate surface area is 136 Å². The molecular formula is C15H24N2O5S. The lowest BCUT2D eigenvalue weighted by Gasteiger charge is -2.29. The van der Waals surface area contributed by atoms with Crippen molar-refractivity contribution in [2.24, 2.45) is 5.14 Å². The van der Waals surface area contributed by atoms with Gasteiger partial charge in [-0.25, -0.2) is 13.6 Å². The van der Waals surface area contributed by atoms with Crippen LogP contribution in [-0.2, 0) is 14.8 Å². The molecule has 1 aromatic rings. The average Bonchev–Trinajstić information content (AvgIpc) is 2.89. The number of hydrogen-bond acceptors (Lipinski definition) is 5. The van der Waals surface area contributed by atoms with E-state index in [9.17, 15) is 13.2 Å². The van der Waals surface area contributed by atoms with Crippen LogP contribution in [-0.4, -0.2) is 45.0 Å². The molecule has 23 heavy (non-hydrogen) atoms. The number of ether oxygens (including phenoxy) is 1. The molecule has 1 amide bonds. The van der Waals surface area contributed by atoms with E-state index in [4.69, 9.17) is 14.3 Å². The van der Waals surface area contributed by atoms with Gasteiger partial charge in [-0.3, -0.25) is 4.79 Å². The van der Waals surface area contributed by atoms with Crippen LogP contribution in [0.15, 0.2) is 15.6 Å². The number of carbonyl (C=O) groups is 1. The second-order valence-corrected chi connectivity index (χ2v) is 7.31. The third-order valence-electron chi connectivity index (χ3n) is 3.88. The minimum absolute atomic E-state index is 0.0316. The number of amides is 1. The highest BCUT2D eigenvalue weighted by molar-refractivity contribution is 7.89. The molecular weight excluding hydrogens is 320 g/mol. The largest absolute Gasteiger partial charge is 0.448 e. The van der Waals surface area contributed by atoms with Crippen molar-refractivity contribution in [1.82, 2.24) is 4.90 Å². The van der Waals surface area contributed by atoms with Crippen LogP contribution in [0.4, 0.5) is 0 Å². The van der Waals surface area contributed by atoms with Crippen LogP contribution in [0.1, 0.15) is 48.7 Å². The summed E-state index contributed by atoms with van der Waals surface area (Å²) in [6.07, 6.45) is 3.91. The molecule has 7 nitrogen and oxygen atoms in total. The lowest BCUT2D eigenvalue weighted by atomic mass is 10.1. The van der Waals surface area contributed by atoms with Gasteiger partial charge >= 0.3 is 0 Å². The molecule has 130 valence electrons. The molecule has 8 heteroatoms. The quantitative estimate of drug-likeness (QED) is 0.845. The van der Waals surface area contributed by atoms with Gasteiger partial charge < -0.3 is 14.1 Å². The number of nitrogens with zero attached hydrogens (tertiary/aromatic N) is 1. The monoisotopic (exact) mass is 344 g/mol. The van der Waals surface area contributed by atoms with Gasteiger partial charge in [-0.1, -0.05) is 6.92 Å². The first kappa shape index (κ1) is 18.0. The maximum atomic E-state index is 12.7. The number of hydrogen-bond donors (Lipinski definition) is 1. The second kappa shape index (κ2) is 7.46. The van der Waals surface area contributed by atoms with E-state index in [1.54, 1.807) is 11.8 Å². The molecule has 0 bridgehead atoms. The Balaban J connectivity index is 2.18. The van der Waals surface area contributed by atoms with Gasteiger partial charge in [-0.15, -0.1) is 0 Å². The average molecular weight is 344 g/mol. The Morgan fingerprint density at radius 3 is 2.70 bits per heavy atom. The summed E-state index contributed by atoms with van der Waals surface area (Å²) in [6.45, 7) is 5.35. The Hall–Kier alpha value is -1.38. The van der Waals surface area contributed by atoms with Crippen molar-refractivity contribution >= 4 is 15.9 Å². The molecule has 1 unspecified atom stereocenters. The van der Waals surface area contributed by atoms with Gasteiger partial charge in [0.15, 0.2) is 0 Å². The van der Waals surface area contributed by atoms with Gasteiger partial charge in [0.2, 0.25) is 5.09 Å². The van der Waals surface area contributed by atoms with Crippen molar-refractivity contribution in [1.29, 1.82) is 0 Å². The maximum absolute atomic E-state index is 12.7. The molecule has 1 fully saturated rings. The predicted molar refractivity (Wildman–Crippen MR) is 84.6 cm³/mol. The molecule has 1 atom stereocenters. The number of primary sulfonamides is 1. The zero-order valence-corrected chi connectivity index (χ0v) is 14.4. The maximum Gasteiger partial charge on any atom is 0.271 e. The molecule has 1 saturated heterocycles. The topological polar surface area (TPSA) is 103 Å². The van der Waals surface area contributed by atoms with Crippen LogP contribution in [0.3, 0.4) is 0 Å². The summed E-state index contributed by atoms with van der Waals surface area (Å²) in [6, 6.07) is 1.21. The minimum atomic E-state index is -3.97. The summed E-state index contributed by atoms with van der Waals surface area (Å²) in [4.78, 5) is 14.4. The summed E-state index contributed by atoms with van der Waals surface area (Å²) in [7, 11) is -3.97. The number of carbonyl (C=O) groups excluding carboxylic acids is 1.